The normalized spacial score (nSPS) is 19.7. The van der Waals surface area contributed by atoms with Gasteiger partial charge in [-0.1, -0.05) is 25.3 Å². The lowest BCUT2D eigenvalue weighted by Gasteiger charge is -2.50. The fourth-order valence-electron chi connectivity index (χ4n) is 6.71. The predicted octanol–water partition coefficient (Wildman–Crippen LogP) is 4.67. The molecule has 1 aromatic carbocycles. The Morgan fingerprint density at radius 1 is 1.07 bits per heavy atom. The van der Waals surface area contributed by atoms with Gasteiger partial charge in [-0.3, -0.25) is 14.4 Å². The SMILES string of the molecule is Cc1c(C(=O)N2CC3(CC(=O)CNC3=O)C2)cc(-c2ccc(S(=O)(=O)NC(C)(C)C)c(C(F)(F)F)c2)n1CC1CCCCC1. The first-order chi connectivity index (χ1) is 20.4. The van der Waals surface area contributed by atoms with Crippen LogP contribution in [0, 0.1) is 18.3 Å². The number of piperidine rings is 1. The minimum Gasteiger partial charge on any atom is -0.348 e. The predicted molar refractivity (Wildman–Crippen MR) is 157 cm³/mol. The second-order valence-electron chi connectivity index (χ2n) is 13.5. The molecule has 2 saturated heterocycles. The number of likely N-dealkylation sites (tertiary alicyclic amines) is 1. The number of alkyl halides is 3. The average molecular weight is 637 g/mol. The first-order valence-corrected chi connectivity index (χ1v) is 16.4. The highest BCUT2D eigenvalue weighted by atomic mass is 32.2. The number of benzene rings is 1. The highest BCUT2D eigenvalue weighted by Gasteiger charge is 2.54. The average Bonchev–Trinajstić information content (AvgIpc) is 3.22. The van der Waals surface area contributed by atoms with Crippen LogP contribution in [0.15, 0.2) is 29.2 Å². The van der Waals surface area contributed by atoms with Crippen LogP contribution in [0.5, 0.6) is 0 Å². The molecule has 1 spiro atoms. The van der Waals surface area contributed by atoms with Gasteiger partial charge in [0.05, 0.1) is 28.0 Å². The number of hydrogen-bond donors (Lipinski definition) is 2. The molecular formula is C31H39F3N4O5S. The van der Waals surface area contributed by atoms with Crippen molar-refractivity contribution in [2.75, 3.05) is 19.6 Å². The van der Waals surface area contributed by atoms with Gasteiger partial charge >= 0.3 is 6.18 Å². The van der Waals surface area contributed by atoms with Gasteiger partial charge in [-0.05, 0) is 70.2 Å². The summed E-state index contributed by atoms with van der Waals surface area (Å²) in [5.41, 5.74) is -1.83. The summed E-state index contributed by atoms with van der Waals surface area (Å²) in [7, 11) is -4.50. The van der Waals surface area contributed by atoms with Crippen LogP contribution >= 0.6 is 0 Å². The zero-order chi connectivity index (χ0) is 32.2. The van der Waals surface area contributed by atoms with Crippen molar-refractivity contribution < 1.29 is 36.0 Å². The van der Waals surface area contributed by atoms with Crippen LogP contribution in [0.2, 0.25) is 0 Å². The van der Waals surface area contributed by atoms with E-state index in [4.69, 9.17) is 0 Å². The van der Waals surface area contributed by atoms with E-state index >= 15 is 0 Å². The Hall–Kier alpha value is -3.19. The summed E-state index contributed by atoms with van der Waals surface area (Å²) in [4.78, 5) is 38.9. The molecule has 13 heteroatoms. The Balaban J connectivity index is 1.55. The summed E-state index contributed by atoms with van der Waals surface area (Å²) < 4.78 is 73.3. The topological polar surface area (TPSA) is 118 Å². The largest absolute Gasteiger partial charge is 0.417 e. The summed E-state index contributed by atoms with van der Waals surface area (Å²) >= 11 is 0. The molecular weight excluding hydrogens is 597 g/mol. The van der Waals surface area contributed by atoms with Gasteiger partial charge in [0.15, 0.2) is 5.78 Å². The molecule has 1 aromatic heterocycles. The monoisotopic (exact) mass is 636 g/mol. The molecule has 2 amide bonds. The highest BCUT2D eigenvalue weighted by Crippen LogP contribution is 2.41. The summed E-state index contributed by atoms with van der Waals surface area (Å²) in [5.74, 6) is -0.452. The number of nitrogens with one attached hydrogen (secondary N) is 2. The van der Waals surface area contributed by atoms with Crippen LogP contribution in [-0.4, -0.2) is 60.7 Å². The van der Waals surface area contributed by atoms with Gasteiger partial charge in [-0.25, -0.2) is 13.1 Å². The lowest BCUT2D eigenvalue weighted by Crippen LogP contribution is -2.68. The van der Waals surface area contributed by atoms with E-state index in [-0.39, 0.29) is 55.1 Å². The molecule has 3 fully saturated rings. The number of amides is 2. The molecule has 0 unspecified atom stereocenters. The van der Waals surface area contributed by atoms with Gasteiger partial charge < -0.3 is 14.8 Å². The molecule has 2 N–H and O–H groups in total. The molecule has 0 bridgehead atoms. The summed E-state index contributed by atoms with van der Waals surface area (Å²) in [6.45, 7) is 7.03. The lowest BCUT2D eigenvalue weighted by atomic mass is 9.72. The van der Waals surface area contributed by atoms with E-state index in [9.17, 15) is 36.0 Å². The molecule has 5 rings (SSSR count). The number of aromatic nitrogens is 1. The van der Waals surface area contributed by atoms with Crippen molar-refractivity contribution in [1.82, 2.24) is 19.5 Å². The second-order valence-corrected chi connectivity index (χ2v) is 15.2. The number of carbonyl (C=O) groups is 3. The van der Waals surface area contributed by atoms with Crippen LogP contribution in [0.3, 0.4) is 0 Å². The van der Waals surface area contributed by atoms with E-state index in [1.807, 2.05) is 4.57 Å². The van der Waals surface area contributed by atoms with Crippen LogP contribution in [0.1, 0.15) is 80.9 Å². The number of Topliss-reactive ketones (excluding diaryl/α,β-unsaturated/α-hetero) is 1. The van der Waals surface area contributed by atoms with Crippen molar-refractivity contribution in [1.29, 1.82) is 0 Å². The maximum Gasteiger partial charge on any atom is 0.417 e. The molecule has 0 atom stereocenters. The molecule has 9 nitrogen and oxygen atoms in total. The summed E-state index contributed by atoms with van der Waals surface area (Å²) in [6.07, 6.45) is 0.245. The minimum atomic E-state index is -4.96. The van der Waals surface area contributed by atoms with Crippen LogP contribution < -0.4 is 10.0 Å². The number of hydrogen-bond acceptors (Lipinski definition) is 5. The Kier molecular flexibility index (Phi) is 8.28. The lowest BCUT2D eigenvalue weighted by molar-refractivity contribution is -0.149. The van der Waals surface area contributed by atoms with Crippen molar-refractivity contribution in [3.63, 3.8) is 0 Å². The van der Waals surface area contributed by atoms with Crippen LogP contribution in [0.25, 0.3) is 11.3 Å². The molecule has 1 aliphatic carbocycles. The Bertz CT molecular complexity index is 1590. The Labute approximate surface area is 255 Å². The van der Waals surface area contributed by atoms with Gasteiger partial charge in [-0.2, -0.15) is 13.2 Å². The van der Waals surface area contributed by atoms with Gasteiger partial charge in [0.25, 0.3) is 5.91 Å². The summed E-state index contributed by atoms with van der Waals surface area (Å²) in [6, 6.07) is 4.73. The molecule has 2 aromatic rings. The maximum atomic E-state index is 14.4. The number of nitrogens with zero attached hydrogens (tertiary/aromatic N) is 2. The smallest absolute Gasteiger partial charge is 0.348 e. The third kappa shape index (κ3) is 6.30. The number of halogens is 3. The Morgan fingerprint density at radius 3 is 2.34 bits per heavy atom. The first kappa shape index (κ1) is 32.2. The standard InChI is InChI=1S/C31H39F3N4O5S/c1-19-23(27(40)37-17-30(18-37)14-22(39)15-35-28(30)41)13-25(38(19)16-20-8-6-5-7-9-20)21-10-11-26(24(12-21)31(32,33)34)44(42,43)36-29(2,3)4/h10-13,20,36H,5-9,14-18H2,1-4H3,(H,35,41). The van der Waals surface area contributed by atoms with Crippen molar-refractivity contribution in [3.8, 4) is 11.3 Å². The summed E-state index contributed by atoms with van der Waals surface area (Å²) in [5, 5.41) is 2.59. The fourth-order valence-corrected chi connectivity index (χ4v) is 8.34. The quantitative estimate of drug-likeness (QED) is 0.478. The van der Waals surface area contributed by atoms with Crippen molar-refractivity contribution in [3.05, 3.63) is 41.1 Å². The molecule has 2 aliphatic heterocycles. The molecule has 1 saturated carbocycles. The van der Waals surface area contributed by atoms with Gasteiger partial charge in [0, 0.05) is 43.0 Å². The van der Waals surface area contributed by atoms with Crippen molar-refractivity contribution in [2.24, 2.45) is 11.3 Å². The third-order valence-electron chi connectivity index (χ3n) is 8.81. The Morgan fingerprint density at radius 2 is 1.73 bits per heavy atom. The highest BCUT2D eigenvalue weighted by molar-refractivity contribution is 7.89. The van der Waals surface area contributed by atoms with Crippen LogP contribution in [0.4, 0.5) is 13.2 Å². The number of sulfonamides is 1. The van der Waals surface area contributed by atoms with Crippen molar-refractivity contribution in [2.45, 2.75) is 89.4 Å². The van der Waals surface area contributed by atoms with Gasteiger partial charge in [-0.15, -0.1) is 0 Å². The first-order valence-electron chi connectivity index (χ1n) is 15.0. The molecule has 240 valence electrons. The molecule has 44 heavy (non-hydrogen) atoms. The van der Waals surface area contributed by atoms with Crippen LogP contribution in [-0.2, 0) is 32.3 Å². The van der Waals surface area contributed by atoms with E-state index in [1.54, 1.807) is 33.8 Å². The minimum absolute atomic E-state index is 0.0205. The molecule has 3 aliphatic rings. The fraction of sp³-hybridized carbons (Fsp3) is 0.581. The maximum absolute atomic E-state index is 14.4. The number of carbonyl (C=O) groups excluding carboxylic acids is 3. The third-order valence-corrected chi connectivity index (χ3v) is 10.6. The van der Waals surface area contributed by atoms with E-state index in [0.717, 1.165) is 44.2 Å². The molecule has 0 radical (unpaired) electrons. The molecule has 3 heterocycles. The van der Waals surface area contributed by atoms with Gasteiger partial charge in [0.2, 0.25) is 15.9 Å². The van der Waals surface area contributed by atoms with Crippen molar-refractivity contribution >= 4 is 27.6 Å². The zero-order valence-electron chi connectivity index (χ0n) is 25.4. The van der Waals surface area contributed by atoms with E-state index in [1.165, 1.54) is 11.0 Å². The zero-order valence-corrected chi connectivity index (χ0v) is 26.3. The second kappa shape index (κ2) is 11.3. The van der Waals surface area contributed by atoms with Gasteiger partial charge in [0.1, 0.15) is 0 Å². The number of rotatable bonds is 6. The van der Waals surface area contributed by atoms with E-state index < -0.39 is 37.6 Å². The van der Waals surface area contributed by atoms with E-state index in [0.29, 0.717) is 23.5 Å². The number of ketones is 1. The van der Waals surface area contributed by atoms with E-state index in [2.05, 4.69) is 10.0 Å².